The normalized spacial score (nSPS) is 10.3. The predicted molar refractivity (Wildman–Crippen MR) is 74.2 cm³/mol. The highest BCUT2D eigenvalue weighted by molar-refractivity contribution is 6.36. The second-order valence-corrected chi connectivity index (χ2v) is 4.76. The Morgan fingerprint density at radius 3 is 2.28 bits per heavy atom. The van der Waals surface area contributed by atoms with Gasteiger partial charge in [-0.1, -0.05) is 41.4 Å². The summed E-state index contributed by atoms with van der Waals surface area (Å²) < 4.78 is 0. The highest BCUT2D eigenvalue weighted by Crippen LogP contribution is 2.26. The molecule has 0 saturated carbocycles. The van der Waals surface area contributed by atoms with Crippen molar-refractivity contribution < 1.29 is 4.79 Å². The minimum absolute atomic E-state index is 0.442. The van der Waals surface area contributed by atoms with E-state index in [0.29, 0.717) is 22.0 Å². The SMILES string of the molecule is NC(=O)c1cccc(Cc2c(Cl)cccc2Cl)c1. The van der Waals surface area contributed by atoms with Crippen molar-refractivity contribution in [2.45, 2.75) is 6.42 Å². The summed E-state index contributed by atoms with van der Waals surface area (Å²) in [4.78, 5) is 11.1. The molecule has 2 nitrogen and oxygen atoms in total. The van der Waals surface area contributed by atoms with Gasteiger partial charge in [0.2, 0.25) is 5.91 Å². The zero-order valence-corrected chi connectivity index (χ0v) is 11.0. The van der Waals surface area contributed by atoms with Gasteiger partial charge in [0.25, 0.3) is 0 Å². The maximum absolute atomic E-state index is 11.1. The second kappa shape index (κ2) is 5.42. The van der Waals surface area contributed by atoms with Crippen LogP contribution in [0.2, 0.25) is 10.0 Å². The van der Waals surface area contributed by atoms with Gasteiger partial charge in [-0.2, -0.15) is 0 Å². The lowest BCUT2D eigenvalue weighted by Crippen LogP contribution is -2.11. The largest absolute Gasteiger partial charge is 0.366 e. The van der Waals surface area contributed by atoms with Gasteiger partial charge in [-0.3, -0.25) is 4.79 Å². The molecule has 92 valence electrons. The molecule has 0 radical (unpaired) electrons. The van der Waals surface area contributed by atoms with E-state index >= 15 is 0 Å². The smallest absolute Gasteiger partial charge is 0.248 e. The lowest BCUT2D eigenvalue weighted by atomic mass is 10.0. The van der Waals surface area contributed by atoms with Crippen molar-refractivity contribution in [2.75, 3.05) is 0 Å². The summed E-state index contributed by atoms with van der Waals surface area (Å²) in [6.45, 7) is 0. The van der Waals surface area contributed by atoms with E-state index in [1.54, 1.807) is 36.4 Å². The molecule has 0 aliphatic rings. The molecule has 2 aromatic carbocycles. The van der Waals surface area contributed by atoms with Gasteiger partial charge < -0.3 is 5.73 Å². The molecule has 0 aliphatic heterocycles. The Balaban J connectivity index is 2.34. The molecule has 4 heteroatoms. The Kier molecular flexibility index (Phi) is 3.90. The highest BCUT2D eigenvalue weighted by Gasteiger charge is 2.08. The summed E-state index contributed by atoms with van der Waals surface area (Å²) in [6.07, 6.45) is 0.569. The minimum Gasteiger partial charge on any atom is -0.366 e. The van der Waals surface area contributed by atoms with Gasteiger partial charge in [0, 0.05) is 22.0 Å². The van der Waals surface area contributed by atoms with Gasteiger partial charge in [-0.05, 0) is 35.4 Å². The molecule has 2 rings (SSSR count). The van der Waals surface area contributed by atoms with Crippen molar-refractivity contribution >= 4 is 29.1 Å². The van der Waals surface area contributed by atoms with Gasteiger partial charge in [-0.25, -0.2) is 0 Å². The first kappa shape index (κ1) is 12.9. The summed E-state index contributed by atoms with van der Waals surface area (Å²) in [7, 11) is 0. The first-order valence-corrected chi connectivity index (χ1v) is 6.15. The molecule has 0 atom stereocenters. The Bertz CT molecular complexity index is 576. The summed E-state index contributed by atoms with van der Waals surface area (Å²) in [5.41, 5.74) is 7.52. The predicted octanol–water partition coefficient (Wildman–Crippen LogP) is 3.68. The molecule has 0 heterocycles. The highest BCUT2D eigenvalue weighted by atomic mass is 35.5. The Morgan fingerprint density at radius 2 is 1.67 bits per heavy atom. The first-order chi connectivity index (χ1) is 8.58. The third-order valence-electron chi connectivity index (χ3n) is 2.65. The van der Waals surface area contributed by atoms with E-state index in [4.69, 9.17) is 28.9 Å². The van der Waals surface area contributed by atoms with Crippen molar-refractivity contribution in [3.05, 3.63) is 69.2 Å². The van der Waals surface area contributed by atoms with Crippen LogP contribution in [-0.2, 0) is 6.42 Å². The van der Waals surface area contributed by atoms with Crippen molar-refractivity contribution in [1.29, 1.82) is 0 Å². The molecular weight excluding hydrogens is 269 g/mol. The molecule has 0 saturated heterocycles. The van der Waals surface area contributed by atoms with Crippen LogP contribution in [0.5, 0.6) is 0 Å². The van der Waals surface area contributed by atoms with Crippen LogP contribution in [-0.4, -0.2) is 5.91 Å². The molecule has 0 aliphatic carbocycles. The molecular formula is C14H11Cl2NO. The summed E-state index contributed by atoms with van der Waals surface area (Å²) >= 11 is 12.2. The van der Waals surface area contributed by atoms with E-state index in [1.165, 1.54) is 0 Å². The molecule has 0 aromatic heterocycles. The molecule has 0 fully saturated rings. The summed E-state index contributed by atoms with van der Waals surface area (Å²) in [6, 6.07) is 12.5. The van der Waals surface area contributed by atoms with Crippen molar-refractivity contribution in [1.82, 2.24) is 0 Å². The van der Waals surface area contributed by atoms with E-state index in [2.05, 4.69) is 0 Å². The van der Waals surface area contributed by atoms with Crippen LogP contribution in [0, 0.1) is 0 Å². The first-order valence-electron chi connectivity index (χ1n) is 5.39. The maximum atomic E-state index is 11.1. The molecule has 18 heavy (non-hydrogen) atoms. The number of carbonyl (C=O) groups is 1. The topological polar surface area (TPSA) is 43.1 Å². The summed E-state index contributed by atoms with van der Waals surface area (Å²) in [5, 5.41) is 1.24. The number of hydrogen-bond acceptors (Lipinski definition) is 1. The van der Waals surface area contributed by atoms with Crippen molar-refractivity contribution in [3.63, 3.8) is 0 Å². The molecule has 2 N–H and O–H groups in total. The van der Waals surface area contributed by atoms with E-state index in [9.17, 15) is 4.79 Å². The number of amides is 1. The molecule has 0 bridgehead atoms. The number of carbonyl (C=O) groups excluding carboxylic acids is 1. The number of nitrogens with two attached hydrogens (primary N) is 1. The van der Waals surface area contributed by atoms with E-state index in [0.717, 1.165) is 11.1 Å². The Labute approximate surface area is 115 Å². The second-order valence-electron chi connectivity index (χ2n) is 3.94. The molecule has 0 unspecified atom stereocenters. The number of rotatable bonds is 3. The third-order valence-corrected chi connectivity index (χ3v) is 3.36. The molecule has 0 spiro atoms. The Morgan fingerprint density at radius 1 is 1.06 bits per heavy atom. The average Bonchev–Trinajstić information content (AvgIpc) is 2.34. The van der Waals surface area contributed by atoms with Crippen LogP contribution in [0.4, 0.5) is 0 Å². The standard InChI is InChI=1S/C14H11Cl2NO/c15-12-5-2-6-13(16)11(12)8-9-3-1-4-10(7-9)14(17)18/h1-7H,8H2,(H2,17,18). The lowest BCUT2D eigenvalue weighted by Gasteiger charge is -2.07. The number of halogens is 2. The Hall–Kier alpha value is -1.51. The van der Waals surface area contributed by atoms with Gasteiger partial charge in [-0.15, -0.1) is 0 Å². The third kappa shape index (κ3) is 2.84. The fourth-order valence-corrected chi connectivity index (χ4v) is 2.27. The lowest BCUT2D eigenvalue weighted by molar-refractivity contribution is 0.1000. The van der Waals surface area contributed by atoms with Gasteiger partial charge in [0.05, 0.1) is 0 Å². The van der Waals surface area contributed by atoms with Crippen LogP contribution in [0.3, 0.4) is 0 Å². The van der Waals surface area contributed by atoms with Gasteiger partial charge >= 0.3 is 0 Å². The fourth-order valence-electron chi connectivity index (χ4n) is 1.74. The van der Waals surface area contributed by atoms with E-state index in [1.807, 2.05) is 6.07 Å². The monoisotopic (exact) mass is 279 g/mol. The van der Waals surface area contributed by atoms with E-state index < -0.39 is 5.91 Å². The zero-order valence-electron chi connectivity index (χ0n) is 9.49. The maximum Gasteiger partial charge on any atom is 0.248 e. The van der Waals surface area contributed by atoms with Crippen LogP contribution in [0.25, 0.3) is 0 Å². The number of benzene rings is 2. The van der Waals surface area contributed by atoms with Crippen LogP contribution >= 0.6 is 23.2 Å². The molecule has 2 aromatic rings. The minimum atomic E-state index is -0.442. The molecule has 1 amide bonds. The van der Waals surface area contributed by atoms with Crippen molar-refractivity contribution in [2.24, 2.45) is 5.73 Å². The van der Waals surface area contributed by atoms with Crippen LogP contribution in [0.1, 0.15) is 21.5 Å². The fraction of sp³-hybridized carbons (Fsp3) is 0.0714. The van der Waals surface area contributed by atoms with Gasteiger partial charge in [0.15, 0.2) is 0 Å². The zero-order chi connectivity index (χ0) is 13.1. The average molecular weight is 280 g/mol. The van der Waals surface area contributed by atoms with E-state index in [-0.39, 0.29) is 0 Å². The van der Waals surface area contributed by atoms with Crippen LogP contribution in [0.15, 0.2) is 42.5 Å². The van der Waals surface area contributed by atoms with Gasteiger partial charge in [0.1, 0.15) is 0 Å². The number of hydrogen-bond donors (Lipinski definition) is 1. The quantitative estimate of drug-likeness (QED) is 0.915. The number of primary amides is 1. The van der Waals surface area contributed by atoms with Crippen molar-refractivity contribution in [3.8, 4) is 0 Å². The summed E-state index contributed by atoms with van der Waals surface area (Å²) in [5.74, 6) is -0.442. The van der Waals surface area contributed by atoms with Crippen LogP contribution < -0.4 is 5.73 Å².